The SMILES string of the molecule is C[C@H](NC(=O)c1cc(Nc2ccon2)ncn1)c1cc(C(=O)Nc2ccc(N)c(C(F)(F)F)c2)on1. The fraction of sp³-hybridized carbons (Fsp3) is 0.143. The van der Waals surface area contributed by atoms with Crippen LogP contribution in [0.2, 0.25) is 0 Å². The molecule has 36 heavy (non-hydrogen) atoms. The molecule has 0 unspecified atom stereocenters. The molecular formula is C21H17F3N8O4. The maximum Gasteiger partial charge on any atom is 0.418 e. The van der Waals surface area contributed by atoms with Crippen LogP contribution in [0.3, 0.4) is 0 Å². The van der Waals surface area contributed by atoms with Crippen molar-refractivity contribution in [3.8, 4) is 0 Å². The zero-order valence-corrected chi connectivity index (χ0v) is 18.3. The lowest BCUT2D eigenvalue weighted by Gasteiger charge is -2.12. The summed E-state index contributed by atoms with van der Waals surface area (Å²) in [5.41, 5.74) is 3.89. The standard InChI is InChI=1S/C21H17F3N8O4/c1-10(28-19(33)15-8-18(27-9-26-15)30-17-4-5-35-32-17)14-7-16(36-31-14)20(34)29-11-2-3-13(25)12(6-11)21(22,23)24/h2-10H,25H2,1H3,(H,28,33)(H,29,34)(H,26,27,30,32)/t10-/m0/s1. The first-order valence-electron chi connectivity index (χ1n) is 10.1. The molecule has 3 heterocycles. The van der Waals surface area contributed by atoms with Crippen LogP contribution in [-0.2, 0) is 6.18 Å². The van der Waals surface area contributed by atoms with E-state index >= 15 is 0 Å². The van der Waals surface area contributed by atoms with Crippen LogP contribution in [-0.4, -0.2) is 32.1 Å². The Morgan fingerprint density at radius 1 is 1.03 bits per heavy atom. The van der Waals surface area contributed by atoms with Crippen LogP contribution in [0.25, 0.3) is 0 Å². The average molecular weight is 502 g/mol. The molecule has 0 aliphatic carbocycles. The molecule has 0 saturated carbocycles. The number of nitrogens with zero attached hydrogens (tertiary/aromatic N) is 4. The van der Waals surface area contributed by atoms with Crippen LogP contribution in [0, 0.1) is 0 Å². The lowest BCUT2D eigenvalue weighted by molar-refractivity contribution is -0.136. The van der Waals surface area contributed by atoms with Gasteiger partial charge in [0.05, 0.1) is 11.6 Å². The molecule has 3 aromatic heterocycles. The Bertz CT molecular complexity index is 1390. The number of nitrogens with two attached hydrogens (primary N) is 1. The average Bonchev–Trinajstić information content (AvgIpc) is 3.52. The molecular weight excluding hydrogens is 485 g/mol. The first kappa shape index (κ1) is 24.2. The fourth-order valence-electron chi connectivity index (χ4n) is 2.97. The molecule has 0 fully saturated rings. The van der Waals surface area contributed by atoms with E-state index in [9.17, 15) is 22.8 Å². The van der Waals surface area contributed by atoms with Gasteiger partial charge in [0.2, 0.25) is 5.76 Å². The van der Waals surface area contributed by atoms with E-state index in [0.717, 1.165) is 6.07 Å². The molecule has 2 amide bonds. The maximum absolute atomic E-state index is 13.0. The van der Waals surface area contributed by atoms with Gasteiger partial charge in [-0.1, -0.05) is 10.3 Å². The number of nitrogens with one attached hydrogen (secondary N) is 3. The van der Waals surface area contributed by atoms with Crippen LogP contribution in [0.15, 0.2) is 58.0 Å². The number of benzene rings is 1. The van der Waals surface area contributed by atoms with E-state index in [1.807, 2.05) is 0 Å². The molecule has 15 heteroatoms. The molecule has 1 aromatic carbocycles. The summed E-state index contributed by atoms with van der Waals surface area (Å²) in [6.45, 7) is 1.59. The highest BCUT2D eigenvalue weighted by Gasteiger charge is 2.33. The van der Waals surface area contributed by atoms with Crippen molar-refractivity contribution in [1.82, 2.24) is 25.6 Å². The van der Waals surface area contributed by atoms with Gasteiger partial charge in [-0.2, -0.15) is 13.2 Å². The topological polar surface area (TPSA) is 174 Å². The Morgan fingerprint density at radius 2 is 1.83 bits per heavy atom. The zero-order chi connectivity index (χ0) is 25.9. The second-order valence-electron chi connectivity index (χ2n) is 7.36. The number of anilines is 4. The Balaban J connectivity index is 1.40. The molecule has 0 aliphatic heterocycles. The van der Waals surface area contributed by atoms with Gasteiger partial charge in [0, 0.05) is 29.6 Å². The summed E-state index contributed by atoms with van der Waals surface area (Å²) in [7, 11) is 0. The van der Waals surface area contributed by atoms with Gasteiger partial charge in [0.15, 0.2) is 5.82 Å². The molecule has 12 nitrogen and oxygen atoms in total. The number of aromatic nitrogens is 4. The van der Waals surface area contributed by atoms with Crippen molar-refractivity contribution >= 4 is 34.8 Å². The third kappa shape index (κ3) is 5.57. The normalized spacial score (nSPS) is 12.1. The summed E-state index contributed by atoms with van der Waals surface area (Å²) >= 11 is 0. The van der Waals surface area contributed by atoms with E-state index < -0.39 is 35.3 Å². The van der Waals surface area contributed by atoms with Gasteiger partial charge in [-0.3, -0.25) is 9.59 Å². The van der Waals surface area contributed by atoms with Gasteiger partial charge < -0.3 is 30.7 Å². The van der Waals surface area contributed by atoms with Gasteiger partial charge in [-0.05, 0) is 25.1 Å². The third-order valence-electron chi connectivity index (χ3n) is 4.75. The summed E-state index contributed by atoms with van der Waals surface area (Å²) in [5.74, 6) is -1.00. The number of amides is 2. The number of alkyl halides is 3. The lowest BCUT2D eigenvalue weighted by Crippen LogP contribution is -2.27. The van der Waals surface area contributed by atoms with Crippen molar-refractivity contribution in [3.63, 3.8) is 0 Å². The van der Waals surface area contributed by atoms with Gasteiger partial charge in [-0.25, -0.2) is 9.97 Å². The second-order valence-corrected chi connectivity index (χ2v) is 7.36. The quantitative estimate of drug-likeness (QED) is 0.274. The second kappa shape index (κ2) is 9.73. The molecule has 0 aliphatic rings. The summed E-state index contributed by atoms with van der Waals surface area (Å²) in [6.07, 6.45) is -2.14. The smallest absolute Gasteiger partial charge is 0.398 e. The first-order chi connectivity index (χ1) is 17.1. The van der Waals surface area contributed by atoms with Crippen molar-refractivity contribution in [1.29, 1.82) is 0 Å². The molecule has 5 N–H and O–H groups in total. The van der Waals surface area contributed by atoms with Crippen LogP contribution < -0.4 is 21.7 Å². The predicted molar refractivity (Wildman–Crippen MR) is 118 cm³/mol. The number of hydrogen-bond acceptors (Lipinski definition) is 10. The number of halogens is 3. The Morgan fingerprint density at radius 3 is 2.56 bits per heavy atom. The highest BCUT2D eigenvalue weighted by atomic mass is 19.4. The van der Waals surface area contributed by atoms with Crippen molar-refractivity contribution in [2.75, 3.05) is 16.4 Å². The zero-order valence-electron chi connectivity index (χ0n) is 18.3. The van der Waals surface area contributed by atoms with E-state index in [0.29, 0.717) is 17.7 Å². The Labute approximate surface area is 200 Å². The van der Waals surface area contributed by atoms with Crippen LogP contribution >= 0.6 is 0 Å². The summed E-state index contributed by atoms with van der Waals surface area (Å²) in [4.78, 5) is 32.9. The van der Waals surface area contributed by atoms with Crippen LogP contribution in [0.5, 0.6) is 0 Å². The highest BCUT2D eigenvalue weighted by molar-refractivity contribution is 6.02. The third-order valence-corrected chi connectivity index (χ3v) is 4.75. The van der Waals surface area contributed by atoms with Crippen molar-refractivity contribution < 1.29 is 31.8 Å². The highest BCUT2D eigenvalue weighted by Crippen LogP contribution is 2.35. The van der Waals surface area contributed by atoms with Gasteiger partial charge >= 0.3 is 6.18 Å². The number of carbonyl (C=O) groups is 2. The van der Waals surface area contributed by atoms with Gasteiger partial charge in [-0.15, -0.1) is 0 Å². The number of carbonyl (C=O) groups excluding carboxylic acids is 2. The monoisotopic (exact) mass is 502 g/mol. The largest absolute Gasteiger partial charge is 0.418 e. The molecule has 186 valence electrons. The minimum Gasteiger partial charge on any atom is -0.398 e. The Kier molecular flexibility index (Phi) is 6.54. The predicted octanol–water partition coefficient (Wildman–Crippen LogP) is 3.54. The first-order valence-corrected chi connectivity index (χ1v) is 10.1. The molecule has 4 aromatic rings. The molecule has 0 radical (unpaired) electrons. The molecule has 1 atom stereocenters. The number of hydrogen-bond donors (Lipinski definition) is 4. The number of nitrogen functional groups attached to an aromatic ring is 1. The van der Waals surface area contributed by atoms with Crippen molar-refractivity contribution in [3.05, 3.63) is 71.7 Å². The summed E-state index contributed by atoms with van der Waals surface area (Å²) in [5, 5.41) is 15.2. The summed E-state index contributed by atoms with van der Waals surface area (Å²) < 4.78 is 48.8. The van der Waals surface area contributed by atoms with E-state index in [-0.39, 0.29) is 22.8 Å². The Hall–Kier alpha value is -4.95. The van der Waals surface area contributed by atoms with Crippen molar-refractivity contribution in [2.24, 2.45) is 0 Å². The van der Waals surface area contributed by atoms with E-state index in [1.165, 1.54) is 30.8 Å². The lowest BCUT2D eigenvalue weighted by atomic mass is 10.1. The number of rotatable bonds is 7. The van der Waals surface area contributed by atoms with E-state index in [2.05, 4.69) is 36.2 Å². The van der Waals surface area contributed by atoms with Crippen molar-refractivity contribution in [2.45, 2.75) is 19.1 Å². The van der Waals surface area contributed by atoms with Gasteiger partial charge in [0.1, 0.15) is 29.8 Å². The van der Waals surface area contributed by atoms with E-state index in [4.69, 9.17) is 14.8 Å². The molecule has 0 spiro atoms. The molecule has 4 rings (SSSR count). The van der Waals surface area contributed by atoms with Crippen LogP contribution in [0.4, 0.5) is 36.2 Å². The minimum atomic E-state index is -4.69. The van der Waals surface area contributed by atoms with Gasteiger partial charge in [0.25, 0.3) is 11.8 Å². The summed E-state index contributed by atoms with van der Waals surface area (Å²) in [6, 6.07) is 6.45. The van der Waals surface area contributed by atoms with Crippen LogP contribution in [0.1, 0.15) is 45.3 Å². The molecule has 0 saturated heterocycles. The molecule has 0 bridgehead atoms. The van der Waals surface area contributed by atoms with E-state index in [1.54, 1.807) is 13.0 Å². The minimum absolute atomic E-state index is 0.0353. The fourth-order valence-corrected chi connectivity index (χ4v) is 2.97. The maximum atomic E-state index is 13.0.